The average molecular weight is 321 g/mol. The molecule has 112 valence electrons. The first kappa shape index (κ1) is 16.9. The Bertz CT molecular complexity index is 577. The number of nitro groups is 1. The Balaban J connectivity index is 2.82. The van der Waals surface area contributed by atoms with Crippen molar-refractivity contribution in [2.24, 2.45) is 5.92 Å². The first-order valence-corrected chi connectivity index (χ1v) is 8.14. The van der Waals surface area contributed by atoms with Crippen LogP contribution in [-0.2, 0) is 16.6 Å². The zero-order chi connectivity index (χ0) is 15.3. The van der Waals surface area contributed by atoms with Crippen molar-refractivity contribution in [2.75, 3.05) is 18.7 Å². The maximum absolute atomic E-state index is 12.1. The van der Waals surface area contributed by atoms with Crippen molar-refractivity contribution >= 4 is 27.3 Å². The van der Waals surface area contributed by atoms with E-state index >= 15 is 0 Å². The summed E-state index contributed by atoms with van der Waals surface area (Å²) in [5.74, 6) is 0.0837. The van der Waals surface area contributed by atoms with Crippen LogP contribution in [0.3, 0.4) is 0 Å². The molecule has 0 aliphatic carbocycles. The Morgan fingerprint density at radius 3 is 2.65 bits per heavy atom. The summed E-state index contributed by atoms with van der Waals surface area (Å²) in [6, 6.07) is 5.93. The van der Waals surface area contributed by atoms with Crippen molar-refractivity contribution in [3.63, 3.8) is 0 Å². The van der Waals surface area contributed by atoms with Gasteiger partial charge in [-0.1, -0.05) is 19.1 Å². The van der Waals surface area contributed by atoms with E-state index in [1.54, 1.807) is 13.0 Å². The fourth-order valence-corrected chi connectivity index (χ4v) is 3.33. The number of rotatable bonds is 7. The van der Waals surface area contributed by atoms with Crippen LogP contribution in [0.15, 0.2) is 24.3 Å². The molecule has 0 radical (unpaired) electrons. The van der Waals surface area contributed by atoms with E-state index in [-0.39, 0.29) is 29.8 Å². The minimum absolute atomic E-state index is 0.0398. The second kappa shape index (κ2) is 7.01. The number of halogens is 1. The van der Waals surface area contributed by atoms with Crippen molar-refractivity contribution < 1.29 is 13.3 Å². The minimum atomic E-state index is -3.42. The highest BCUT2D eigenvalue weighted by Gasteiger charge is 2.21. The average Bonchev–Trinajstić information content (AvgIpc) is 2.38. The van der Waals surface area contributed by atoms with E-state index in [1.165, 1.54) is 29.6 Å². The smallest absolute Gasteiger partial charge is 0.258 e. The predicted molar refractivity (Wildman–Crippen MR) is 78.2 cm³/mol. The van der Waals surface area contributed by atoms with Gasteiger partial charge in [0.25, 0.3) is 5.69 Å². The molecule has 8 heteroatoms. The fraction of sp³-hybridized carbons (Fsp3) is 0.500. The fourth-order valence-electron chi connectivity index (χ4n) is 1.66. The Hall–Kier alpha value is -1.18. The lowest BCUT2D eigenvalue weighted by Crippen LogP contribution is -2.31. The summed E-state index contributed by atoms with van der Waals surface area (Å²) in [5.41, 5.74) is 0.520. The highest BCUT2D eigenvalue weighted by Crippen LogP contribution is 2.16. The van der Waals surface area contributed by atoms with Crippen LogP contribution in [0.25, 0.3) is 0 Å². The molecule has 0 amide bonds. The summed E-state index contributed by atoms with van der Waals surface area (Å²) in [5, 5.41) is 10.7. The van der Waals surface area contributed by atoms with Crippen LogP contribution >= 0.6 is 11.6 Å². The van der Waals surface area contributed by atoms with Gasteiger partial charge in [-0.05, 0) is 11.5 Å². The molecule has 1 rings (SSSR count). The van der Waals surface area contributed by atoms with Gasteiger partial charge in [0.2, 0.25) is 10.0 Å². The molecule has 0 heterocycles. The van der Waals surface area contributed by atoms with Gasteiger partial charge in [-0.3, -0.25) is 10.1 Å². The van der Waals surface area contributed by atoms with Crippen molar-refractivity contribution in [1.82, 2.24) is 4.31 Å². The van der Waals surface area contributed by atoms with Crippen LogP contribution in [0.2, 0.25) is 0 Å². The second-order valence-electron chi connectivity index (χ2n) is 4.72. The molecule has 0 spiro atoms. The van der Waals surface area contributed by atoms with Gasteiger partial charge in [0, 0.05) is 31.6 Å². The maximum Gasteiger partial charge on any atom is 0.269 e. The van der Waals surface area contributed by atoms with Crippen molar-refractivity contribution in [2.45, 2.75) is 13.5 Å². The summed E-state index contributed by atoms with van der Waals surface area (Å²) in [6.45, 7) is 1.85. The first-order chi connectivity index (χ1) is 9.26. The minimum Gasteiger partial charge on any atom is -0.258 e. The zero-order valence-corrected chi connectivity index (χ0v) is 12.9. The molecule has 20 heavy (non-hydrogen) atoms. The molecule has 6 nitrogen and oxygen atoms in total. The number of alkyl halides is 1. The van der Waals surface area contributed by atoms with E-state index in [4.69, 9.17) is 11.6 Å². The molecule has 0 aliphatic rings. The monoisotopic (exact) mass is 320 g/mol. The number of hydrogen-bond donors (Lipinski definition) is 0. The third-order valence-corrected chi connectivity index (χ3v) is 5.36. The summed E-state index contributed by atoms with van der Waals surface area (Å²) in [6.07, 6.45) is 0. The van der Waals surface area contributed by atoms with Gasteiger partial charge in [-0.25, -0.2) is 12.7 Å². The van der Waals surface area contributed by atoms with Crippen molar-refractivity contribution in [1.29, 1.82) is 0 Å². The molecule has 1 aromatic rings. The van der Waals surface area contributed by atoms with Crippen LogP contribution < -0.4 is 0 Å². The third-order valence-electron chi connectivity index (χ3n) is 2.76. The molecule has 0 bridgehead atoms. The van der Waals surface area contributed by atoms with Crippen LogP contribution in [0, 0.1) is 16.0 Å². The molecular formula is C12H17ClN2O4S. The highest BCUT2D eigenvalue weighted by molar-refractivity contribution is 7.89. The SMILES string of the molecule is CC(CCl)CS(=O)(=O)N(C)Cc1cccc([N+](=O)[O-])c1. The third kappa shape index (κ3) is 4.73. The summed E-state index contributed by atoms with van der Waals surface area (Å²) in [7, 11) is -1.97. The molecular weight excluding hydrogens is 304 g/mol. The van der Waals surface area contributed by atoms with Crippen LogP contribution in [0.1, 0.15) is 12.5 Å². The molecule has 0 fully saturated rings. The predicted octanol–water partition coefficient (Wildman–Crippen LogP) is 2.23. The Labute approximate surface area is 123 Å². The summed E-state index contributed by atoms with van der Waals surface area (Å²) in [4.78, 5) is 10.2. The quantitative estimate of drug-likeness (QED) is 0.438. The van der Waals surface area contributed by atoms with Gasteiger partial charge in [0.05, 0.1) is 10.7 Å². The maximum atomic E-state index is 12.1. The number of benzene rings is 1. The molecule has 0 saturated heterocycles. The van der Waals surface area contributed by atoms with E-state index in [0.717, 1.165) is 0 Å². The zero-order valence-electron chi connectivity index (χ0n) is 11.3. The Morgan fingerprint density at radius 1 is 1.45 bits per heavy atom. The van der Waals surface area contributed by atoms with Gasteiger partial charge < -0.3 is 0 Å². The number of nitro benzene ring substituents is 1. The van der Waals surface area contributed by atoms with E-state index in [0.29, 0.717) is 5.56 Å². The van der Waals surface area contributed by atoms with E-state index in [9.17, 15) is 18.5 Å². The van der Waals surface area contributed by atoms with E-state index in [1.807, 2.05) is 0 Å². The molecule has 1 atom stereocenters. The van der Waals surface area contributed by atoms with Crippen LogP contribution in [-0.4, -0.2) is 36.3 Å². The summed E-state index contributed by atoms with van der Waals surface area (Å²) >= 11 is 5.62. The lowest BCUT2D eigenvalue weighted by atomic mass is 10.2. The number of hydrogen-bond acceptors (Lipinski definition) is 4. The topological polar surface area (TPSA) is 80.5 Å². The molecule has 0 aliphatic heterocycles. The van der Waals surface area contributed by atoms with E-state index < -0.39 is 14.9 Å². The molecule has 1 unspecified atom stereocenters. The molecule has 1 aromatic carbocycles. The van der Waals surface area contributed by atoms with E-state index in [2.05, 4.69) is 0 Å². The van der Waals surface area contributed by atoms with Crippen LogP contribution in [0.4, 0.5) is 5.69 Å². The van der Waals surface area contributed by atoms with Gasteiger partial charge in [0.1, 0.15) is 0 Å². The molecule has 0 aromatic heterocycles. The van der Waals surface area contributed by atoms with Gasteiger partial charge in [-0.2, -0.15) is 0 Å². The Morgan fingerprint density at radius 2 is 2.10 bits per heavy atom. The normalized spacial score (nSPS) is 13.4. The largest absolute Gasteiger partial charge is 0.269 e. The molecule has 0 N–H and O–H groups in total. The highest BCUT2D eigenvalue weighted by atomic mass is 35.5. The standard InChI is InChI=1S/C12H17ClN2O4S/c1-10(7-13)9-20(18,19)14(2)8-11-4-3-5-12(6-11)15(16)17/h3-6,10H,7-9H2,1-2H3. The lowest BCUT2D eigenvalue weighted by Gasteiger charge is -2.19. The van der Waals surface area contributed by atoms with Crippen LogP contribution in [0.5, 0.6) is 0 Å². The number of sulfonamides is 1. The van der Waals surface area contributed by atoms with Crippen molar-refractivity contribution in [3.05, 3.63) is 39.9 Å². The Kier molecular flexibility index (Phi) is 5.91. The number of nitrogens with zero attached hydrogens (tertiary/aromatic N) is 2. The van der Waals surface area contributed by atoms with Gasteiger partial charge >= 0.3 is 0 Å². The van der Waals surface area contributed by atoms with Gasteiger partial charge in [0.15, 0.2) is 0 Å². The summed E-state index contributed by atoms with van der Waals surface area (Å²) < 4.78 is 25.3. The lowest BCUT2D eigenvalue weighted by molar-refractivity contribution is -0.384. The van der Waals surface area contributed by atoms with Crippen molar-refractivity contribution in [3.8, 4) is 0 Å². The second-order valence-corrected chi connectivity index (χ2v) is 7.15. The molecule has 0 saturated carbocycles. The first-order valence-electron chi connectivity index (χ1n) is 5.99. The number of non-ortho nitro benzene ring substituents is 1. The van der Waals surface area contributed by atoms with Gasteiger partial charge in [-0.15, -0.1) is 11.6 Å².